The van der Waals surface area contributed by atoms with Crippen LogP contribution >= 0.6 is 27.5 Å². The Bertz CT molecular complexity index is 1330. The molecule has 1 N–H and O–H groups in total. The highest BCUT2D eigenvalue weighted by Crippen LogP contribution is 2.33. The molecular weight excluding hydrogens is 508 g/mol. The van der Waals surface area contributed by atoms with Crippen LogP contribution in [0.25, 0.3) is 17.4 Å². The van der Waals surface area contributed by atoms with Crippen LogP contribution in [0.5, 0.6) is 0 Å². The number of benzene rings is 2. The van der Waals surface area contributed by atoms with Gasteiger partial charge in [0.2, 0.25) is 0 Å². The molecular formula is C20H10BrClN4O6. The first-order chi connectivity index (χ1) is 15.2. The number of furan rings is 1. The highest BCUT2D eigenvalue weighted by Gasteiger charge is 2.19. The highest BCUT2D eigenvalue weighted by molar-refractivity contribution is 9.10. The number of carbonyl (C=O) groups excluding carboxylic acids is 1. The monoisotopic (exact) mass is 516 g/mol. The van der Waals surface area contributed by atoms with Crippen LogP contribution in [0.3, 0.4) is 0 Å². The molecule has 0 aliphatic carbocycles. The van der Waals surface area contributed by atoms with E-state index in [4.69, 9.17) is 16.0 Å². The summed E-state index contributed by atoms with van der Waals surface area (Å²) in [5, 5.41) is 33.8. The van der Waals surface area contributed by atoms with Gasteiger partial charge in [0.1, 0.15) is 28.9 Å². The zero-order valence-electron chi connectivity index (χ0n) is 15.7. The number of halogens is 2. The number of nitrogens with one attached hydrogen (secondary N) is 1. The Morgan fingerprint density at radius 3 is 2.50 bits per heavy atom. The van der Waals surface area contributed by atoms with Gasteiger partial charge in [-0.2, -0.15) is 5.26 Å². The summed E-state index contributed by atoms with van der Waals surface area (Å²) in [5.74, 6) is -0.390. The summed E-state index contributed by atoms with van der Waals surface area (Å²) in [4.78, 5) is 33.3. The van der Waals surface area contributed by atoms with Crippen molar-refractivity contribution in [2.24, 2.45) is 0 Å². The summed E-state index contributed by atoms with van der Waals surface area (Å²) < 4.78 is 6.05. The number of amides is 1. The van der Waals surface area contributed by atoms with Crippen LogP contribution in [0.4, 0.5) is 17.1 Å². The lowest BCUT2D eigenvalue weighted by atomic mass is 10.1. The van der Waals surface area contributed by atoms with E-state index < -0.39 is 21.4 Å². The van der Waals surface area contributed by atoms with Gasteiger partial charge in [0.05, 0.1) is 9.85 Å². The Labute approximate surface area is 193 Å². The third-order valence-electron chi connectivity index (χ3n) is 4.11. The van der Waals surface area contributed by atoms with E-state index in [0.29, 0.717) is 15.8 Å². The van der Waals surface area contributed by atoms with Gasteiger partial charge in [-0.3, -0.25) is 25.0 Å². The van der Waals surface area contributed by atoms with E-state index >= 15 is 0 Å². The van der Waals surface area contributed by atoms with Gasteiger partial charge in [0, 0.05) is 39.3 Å². The molecule has 32 heavy (non-hydrogen) atoms. The molecule has 0 bridgehead atoms. The Kier molecular flexibility index (Phi) is 6.67. The quantitative estimate of drug-likeness (QED) is 0.190. The molecule has 2 aromatic carbocycles. The third kappa shape index (κ3) is 5.00. The second kappa shape index (κ2) is 9.42. The molecule has 0 saturated carbocycles. The van der Waals surface area contributed by atoms with E-state index in [1.54, 1.807) is 12.1 Å². The van der Waals surface area contributed by atoms with E-state index in [9.17, 15) is 30.3 Å². The average molecular weight is 518 g/mol. The van der Waals surface area contributed by atoms with Crippen molar-refractivity contribution in [3.63, 3.8) is 0 Å². The molecule has 10 nitrogen and oxygen atoms in total. The van der Waals surface area contributed by atoms with Gasteiger partial charge in [-0.15, -0.1) is 0 Å². The summed E-state index contributed by atoms with van der Waals surface area (Å²) in [7, 11) is 0. The molecule has 12 heteroatoms. The fourth-order valence-electron chi connectivity index (χ4n) is 2.63. The molecule has 0 spiro atoms. The largest absolute Gasteiger partial charge is 0.457 e. The van der Waals surface area contributed by atoms with Crippen LogP contribution < -0.4 is 5.32 Å². The maximum absolute atomic E-state index is 12.5. The van der Waals surface area contributed by atoms with Crippen molar-refractivity contribution in [1.29, 1.82) is 5.26 Å². The van der Waals surface area contributed by atoms with Crippen molar-refractivity contribution >= 4 is 56.6 Å². The summed E-state index contributed by atoms with van der Waals surface area (Å²) in [6.07, 6.45) is 1.17. The summed E-state index contributed by atoms with van der Waals surface area (Å²) in [6, 6.07) is 12.6. The molecule has 3 aromatic rings. The average Bonchev–Trinajstić information content (AvgIpc) is 3.21. The number of nitriles is 1. The summed E-state index contributed by atoms with van der Waals surface area (Å²) in [6.45, 7) is 0. The minimum Gasteiger partial charge on any atom is -0.457 e. The molecule has 0 saturated heterocycles. The first-order valence-corrected chi connectivity index (χ1v) is 9.78. The van der Waals surface area contributed by atoms with Crippen molar-refractivity contribution in [2.75, 3.05) is 5.32 Å². The van der Waals surface area contributed by atoms with E-state index in [1.807, 2.05) is 0 Å². The predicted molar refractivity (Wildman–Crippen MR) is 119 cm³/mol. The number of nitro groups is 2. The third-order valence-corrected chi connectivity index (χ3v) is 5.00. The molecule has 1 amide bonds. The molecule has 160 valence electrons. The Balaban J connectivity index is 1.86. The van der Waals surface area contributed by atoms with Crippen LogP contribution in [0.15, 0.2) is 63.0 Å². The fraction of sp³-hybridized carbons (Fsp3) is 0. The van der Waals surface area contributed by atoms with E-state index in [-0.39, 0.29) is 27.7 Å². The lowest BCUT2D eigenvalue weighted by Crippen LogP contribution is -2.14. The molecule has 1 heterocycles. The van der Waals surface area contributed by atoms with Gasteiger partial charge in [-0.1, -0.05) is 11.6 Å². The molecule has 3 rings (SSSR count). The minimum absolute atomic E-state index is 0.105. The number of non-ortho nitro benzene ring substituents is 1. The standard InChI is InChI=1S/C20H10BrClN4O6/c21-16-9-13(25(28)29)2-4-15(16)19-6-3-14(32-19)7-11(10-23)20(27)24-17-5-1-12(22)8-18(17)26(30)31/h1-9H,(H,24,27)/b11-7+. The van der Waals surface area contributed by atoms with Gasteiger partial charge in [0.15, 0.2) is 0 Å². The van der Waals surface area contributed by atoms with Crippen molar-refractivity contribution in [2.45, 2.75) is 0 Å². The van der Waals surface area contributed by atoms with Gasteiger partial charge >= 0.3 is 0 Å². The summed E-state index contributed by atoms with van der Waals surface area (Å²) >= 11 is 9.00. The topological polar surface area (TPSA) is 152 Å². The first kappa shape index (κ1) is 22.7. The van der Waals surface area contributed by atoms with E-state index in [1.165, 1.54) is 42.5 Å². The SMILES string of the molecule is N#C/C(=C\c1ccc(-c2ccc([N+](=O)[O-])cc2Br)o1)C(=O)Nc1ccc(Cl)cc1[N+](=O)[O-]. The minimum atomic E-state index is -0.882. The van der Waals surface area contributed by atoms with Crippen LogP contribution in [0.1, 0.15) is 5.76 Å². The maximum Gasteiger partial charge on any atom is 0.294 e. The zero-order valence-corrected chi connectivity index (χ0v) is 18.1. The van der Waals surface area contributed by atoms with Crippen molar-refractivity contribution in [3.8, 4) is 17.4 Å². The lowest BCUT2D eigenvalue weighted by Gasteiger charge is -2.05. The van der Waals surface area contributed by atoms with Crippen LogP contribution in [0.2, 0.25) is 5.02 Å². The molecule has 1 aromatic heterocycles. The Morgan fingerprint density at radius 2 is 1.88 bits per heavy atom. The molecule has 0 aliphatic rings. The number of nitro benzene ring substituents is 2. The molecule has 0 unspecified atom stereocenters. The number of rotatable bonds is 6. The number of anilines is 1. The van der Waals surface area contributed by atoms with Crippen LogP contribution in [-0.4, -0.2) is 15.8 Å². The van der Waals surface area contributed by atoms with Gasteiger partial charge in [0.25, 0.3) is 17.3 Å². The van der Waals surface area contributed by atoms with Crippen molar-refractivity contribution in [1.82, 2.24) is 0 Å². The van der Waals surface area contributed by atoms with Gasteiger partial charge < -0.3 is 9.73 Å². The second-order valence-electron chi connectivity index (χ2n) is 6.17. The Morgan fingerprint density at radius 1 is 1.12 bits per heavy atom. The maximum atomic E-state index is 12.5. The van der Waals surface area contributed by atoms with Gasteiger partial charge in [-0.25, -0.2) is 0 Å². The normalized spacial score (nSPS) is 11.0. The van der Waals surface area contributed by atoms with E-state index in [2.05, 4.69) is 21.2 Å². The highest BCUT2D eigenvalue weighted by atomic mass is 79.9. The number of hydrogen-bond acceptors (Lipinski definition) is 7. The molecule has 0 aliphatic heterocycles. The van der Waals surface area contributed by atoms with Crippen LogP contribution in [-0.2, 0) is 4.79 Å². The summed E-state index contributed by atoms with van der Waals surface area (Å²) in [5.41, 5.74) is -0.494. The molecule has 0 atom stereocenters. The van der Waals surface area contributed by atoms with Crippen LogP contribution in [0, 0.1) is 31.6 Å². The fourth-order valence-corrected chi connectivity index (χ4v) is 3.36. The Hall–Kier alpha value is -4.01. The van der Waals surface area contributed by atoms with Gasteiger partial charge in [-0.05, 0) is 46.3 Å². The smallest absolute Gasteiger partial charge is 0.294 e. The first-order valence-electron chi connectivity index (χ1n) is 8.61. The lowest BCUT2D eigenvalue weighted by molar-refractivity contribution is -0.384. The van der Waals surface area contributed by atoms with Crippen molar-refractivity contribution in [3.05, 3.63) is 89.6 Å². The van der Waals surface area contributed by atoms with E-state index in [0.717, 1.165) is 6.07 Å². The molecule has 0 radical (unpaired) electrons. The zero-order chi connectivity index (χ0) is 23.4. The second-order valence-corrected chi connectivity index (χ2v) is 7.46. The number of hydrogen-bond donors (Lipinski definition) is 1. The van der Waals surface area contributed by atoms with Crippen molar-refractivity contribution < 1.29 is 19.1 Å². The predicted octanol–water partition coefficient (Wildman–Crippen LogP) is 5.72. The number of nitrogens with zero attached hydrogens (tertiary/aromatic N) is 3. The molecule has 0 fully saturated rings. The number of carbonyl (C=O) groups is 1.